The Hall–Kier alpha value is -2.64. The first-order valence-electron chi connectivity index (χ1n) is 10.9. The summed E-state index contributed by atoms with van der Waals surface area (Å²) in [6.45, 7) is 12.7. The van der Waals surface area contributed by atoms with Crippen LogP contribution >= 0.6 is 0 Å². The number of rotatable bonds is 6. The van der Waals surface area contributed by atoms with Crippen molar-refractivity contribution in [2.24, 2.45) is 0 Å². The maximum absolute atomic E-state index is 12.7. The van der Waals surface area contributed by atoms with Crippen LogP contribution in [0, 0.1) is 27.7 Å². The van der Waals surface area contributed by atoms with Crippen molar-refractivity contribution >= 4 is 27.8 Å². The van der Waals surface area contributed by atoms with Crippen molar-refractivity contribution < 1.29 is 18.4 Å². The highest BCUT2D eigenvalue weighted by atomic mass is 16.5. The van der Waals surface area contributed by atoms with Gasteiger partial charge in [0, 0.05) is 36.0 Å². The average molecular weight is 427 g/mol. The normalized spacial score (nSPS) is 15.1. The second-order valence-electron chi connectivity index (χ2n) is 8.37. The number of carbonyl (C=O) groups is 1. The van der Waals surface area contributed by atoms with Gasteiger partial charge in [-0.25, -0.2) is 4.79 Å². The van der Waals surface area contributed by atoms with Crippen molar-refractivity contribution in [3.8, 4) is 0 Å². The lowest BCUT2D eigenvalue weighted by atomic mass is 9.99. The van der Waals surface area contributed by atoms with E-state index in [9.17, 15) is 9.59 Å². The van der Waals surface area contributed by atoms with E-state index in [4.69, 9.17) is 13.6 Å². The smallest absolute Gasteiger partial charge is 0.340 e. The van der Waals surface area contributed by atoms with Crippen LogP contribution in [0.15, 0.2) is 19.7 Å². The van der Waals surface area contributed by atoms with Gasteiger partial charge in [0.15, 0.2) is 0 Å². The number of carbonyl (C=O) groups excluding carboxylic acids is 1. The Morgan fingerprint density at radius 1 is 1.00 bits per heavy atom. The number of nitrogens with one attached hydrogen (secondary N) is 1. The lowest BCUT2D eigenvalue weighted by Crippen LogP contribution is -2.38. The Labute approximate surface area is 181 Å². The molecule has 0 bridgehead atoms. The van der Waals surface area contributed by atoms with Crippen LogP contribution in [0.2, 0.25) is 0 Å². The van der Waals surface area contributed by atoms with Crippen LogP contribution in [0.1, 0.15) is 34.4 Å². The number of hydrogen-bond donors (Lipinski definition) is 1. The van der Waals surface area contributed by atoms with Gasteiger partial charge in [-0.15, -0.1) is 0 Å². The first kappa shape index (κ1) is 21.6. The summed E-state index contributed by atoms with van der Waals surface area (Å²) in [5, 5.41) is 4.80. The van der Waals surface area contributed by atoms with Gasteiger partial charge in [-0.2, -0.15) is 0 Å². The SMILES string of the molecule is Cc1oc2c(C)c3oc(=O)c(CC(=O)NCCCN4CCOCC4)c(C)c3cc2c1C. The maximum atomic E-state index is 12.7. The fraction of sp³-hybridized carbons (Fsp3) is 0.500. The zero-order chi connectivity index (χ0) is 22.1. The maximum Gasteiger partial charge on any atom is 0.340 e. The molecular formula is C24H30N2O5. The molecule has 4 rings (SSSR count). The van der Waals surface area contributed by atoms with Gasteiger partial charge < -0.3 is 18.9 Å². The Kier molecular flexibility index (Phi) is 6.16. The molecule has 7 nitrogen and oxygen atoms in total. The number of amides is 1. The molecule has 0 aliphatic carbocycles. The predicted octanol–water partition coefficient (Wildman–Crippen LogP) is 3.15. The van der Waals surface area contributed by atoms with Crippen LogP contribution in [-0.2, 0) is 16.0 Å². The minimum Gasteiger partial charge on any atom is -0.461 e. The van der Waals surface area contributed by atoms with Crippen LogP contribution in [-0.4, -0.2) is 50.2 Å². The summed E-state index contributed by atoms with van der Waals surface area (Å²) in [5.41, 5.74) is 3.89. The second kappa shape index (κ2) is 8.85. The van der Waals surface area contributed by atoms with E-state index in [-0.39, 0.29) is 12.3 Å². The zero-order valence-corrected chi connectivity index (χ0v) is 18.7. The fourth-order valence-corrected chi connectivity index (χ4v) is 4.27. The molecule has 0 radical (unpaired) electrons. The Balaban J connectivity index is 1.50. The van der Waals surface area contributed by atoms with Gasteiger partial charge in [0.2, 0.25) is 5.91 Å². The standard InChI is InChI=1S/C24H30N2O5/c1-14-17(4)30-22-16(3)23-19(12-18(14)22)15(2)20(24(28)31-23)13-21(27)25-6-5-7-26-8-10-29-11-9-26/h12H,5-11,13H2,1-4H3,(H,25,27). The Bertz CT molecular complexity index is 1180. The number of furan rings is 1. The molecule has 1 fully saturated rings. The van der Waals surface area contributed by atoms with Crippen LogP contribution in [0.5, 0.6) is 0 Å². The Morgan fingerprint density at radius 2 is 1.68 bits per heavy atom. The number of nitrogens with zero attached hydrogens (tertiary/aromatic N) is 1. The summed E-state index contributed by atoms with van der Waals surface area (Å²) in [4.78, 5) is 27.5. The van der Waals surface area contributed by atoms with Gasteiger partial charge in [-0.05, 0) is 57.9 Å². The van der Waals surface area contributed by atoms with E-state index in [1.165, 1.54) is 0 Å². The number of benzene rings is 1. The summed E-state index contributed by atoms with van der Waals surface area (Å²) in [5.74, 6) is 0.690. The summed E-state index contributed by atoms with van der Waals surface area (Å²) >= 11 is 0. The molecule has 166 valence electrons. The number of aryl methyl sites for hydroxylation is 4. The molecule has 0 unspecified atom stereocenters. The Morgan fingerprint density at radius 3 is 2.42 bits per heavy atom. The monoisotopic (exact) mass is 426 g/mol. The van der Waals surface area contributed by atoms with Crippen LogP contribution in [0.4, 0.5) is 0 Å². The van der Waals surface area contributed by atoms with Crippen LogP contribution in [0.3, 0.4) is 0 Å². The van der Waals surface area contributed by atoms with E-state index in [1.54, 1.807) is 0 Å². The van der Waals surface area contributed by atoms with Gasteiger partial charge in [0.25, 0.3) is 0 Å². The van der Waals surface area contributed by atoms with Crippen molar-refractivity contribution in [2.75, 3.05) is 39.4 Å². The van der Waals surface area contributed by atoms with Crippen LogP contribution < -0.4 is 10.9 Å². The second-order valence-corrected chi connectivity index (χ2v) is 8.37. The molecule has 2 aromatic heterocycles. The molecule has 0 atom stereocenters. The van der Waals surface area contributed by atoms with E-state index in [0.717, 1.165) is 78.1 Å². The van der Waals surface area contributed by atoms with E-state index in [2.05, 4.69) is 10.2 Å². The molecule has 1 aromatic carbocycles. The number of ether oxygens (including phenoxy) is 1. The van der Waals surface area contributed by atoms with Gasteiger partial charge in [0.05, 0.1) is 25.2 Å². The molecule has 7 heteroatoms. The van der Waals surface area contributed by atoms with Gasteiger partial charge in [-0.3, -0.25) is 9.69 Å². The van der Waals surface area contributed by atoms with Crippen molar-refractivity contribution in [1.82, 2.24) is 10.2 Å². The van der Waals surface area contributed by atoms with Gasteiger partial charge in [-0.1, -0.05) is 0 Å². The quantitative estimate of drug-likeness (QED) is 0.481. The molecular weight excluding hydrogens is 396 g/mol. The first-order chi connectivity index (χ1) is 14.9. The van der Waals surface area contributed by atoms with E-state index >= 15 is 0 Å². The molecule has 1 aliphatic rings. The topological polar surface area (TPSA) is 84.9 Å². The highest BCUT2D eigenvalue weighted by Crippen LogP contribution is 2.34. The molecule has 3 aromatic rings. The first-order valence-corrected chi connectivity index (χ1v) is 10.9. The zero-order valence-electron chi connectivity index (χ0n) is 18.7. The molecule has 1 N–H and O–H groups in total. The highest BCUT2D eigenvalue weighted by Gasteiger charge is 2.20. The molecule has 3 heterocycles. The van der Waals surface area contributed by atoms with Gasteiger partial charge >= 0.3 is 5.63 Å². The van der Waals surface area contributed by atoms with Crippen LogP contribution in [0.25, 0.3) is 21.9 Å². The van der Waals surface area contributed by atoms with Crippen molar-refractivity contribution in [1.29, 1.82) is 0 Å². The molecule has 0 spiro atoms. The summed E-state index contributed by atoms with van der Waals surface area (Å²) in [6.07, 6.45) is 0.884. The number of fused-ring (bicyclic) bond motifs is 2. The minimum atomic E-state index is -0.462. The molecule has 1 aliphatic heterocycles. The average Bonchev–Trinajstić information content (AvgIpc) is 3.05. The molecule has 31 heavy (non-hydrogen) atoms. The fourth-order valence-electron chi connectivity index (χ4n) is 4.27. The largest absolute Gasteiger partial charge is 0.461 e. The third-order valence-corrected chi connectivity index (χ3v) is 6.36. The lowest BCUT2D eigenvalue weighted by Gasteiger charge is -2.26. The lowest BCUT2D eigenvalue weighted by molar-refractivity contribution is -0.120. The summed E-state index contributed by atoms with van der Waals surface area (Å²) in [6, 6.07) is 2.01. The van der Waals surface area contributed by atoms with Crippen molar-refractivity contribution in [3.05, 3.63) is 44.5 Å². The third-order valence-electron chi connectivity index (χ3n) is 6.36. The molecule has 1 amide bonds. The predicted molar refractivity (Wildman–Crippen MR) is 120 cm³/mol. The summed E-state index contributed by atoms with van der Waals surface area (Å²) in [7, 11) is 0. The third kappa shape index (κ3) is 4.25. The van der Waals surface area contributed by atoms with Crippen molar-refractivity contribution in [2.45, 2.75) is 40.5 Å². The van der Waals surface area contributed by atoms with Gasteiger partial charge in [0.1, 0.15) is 16.9 Å². The van der Waals surface area contributed by atoms with E-state index in [0.29, 0.717) is 17.7 Å². The van der Waals surface area contributed by atoms with E-state index in [1.807, 2.05) is 33.8 Å². The van der Waals surface area contributed by atoms with Crippen molar-refractivity contribution in [3.63, 3.8) is 0 Å². The number of morpholine rings is 1. The molecule has 0 saturated carbocycles. The summed E-state index contributed by atoms with van der Waals surface area (Å²) < 4.78 is 16.9. The minimum absolute atomic E-state index is 0.0160. The van der Waals surface area contributed by atoms with E-state index < -0.39 is 5.63 Å². The highest BCUT2D eigenvalue weighted by molar-refractivity contribution is 6.00. The molecule has 1 saturated heterocycles. The number of hydrogen-bond acceptors (Lipinski definition) is 6.